The monoisotopic (exact) mass is 346 g/mol. The first-order chi connectivity index (χ1) is 12.1. The molecule has 1 aromatic heterocycles. The number of likely N-dealkylation sites (tertiary alicyclic amines) is 1. The molecule has 0 saturated carbocycles. The maximum atomic E-state index is 12.7. The van der Waals surface area contributed by atoms with Gasteiger partial charge < -0.3 is 19.4 Å². The number of methoxy groups -OCH3 is 1. The van der Waals surface area contributed by atoms with E-state index in [1.807, 2.05) is 28.9 Å². The molecule has 0 aromatic carbocycles. The summed E-state index contributed by atoms with van der Waals surface area (Å²) in [5.74, 6) is 1.94. The van der Waals surface area contributed by atoms with Crippen molar-refractivity contribution in [2.24, 2.45) is 5.92 Å². The van der Waals surface area contributed by atoms with Crippen molar-refractivity contribution in [3.63, 3.8) is 0 Å². The van der Waals surface area contributed by atoms with Gasteiger partial charge in [-0.25, -0.2) is 4.98 Å². The van der Waals surface area contributed by atoms with E-state index in [-0.39, 0.29) is 17.7 Å². The van der Waals surface area contributed by atoms with Gasteiger partial charge in [-0.1, -0.05) is 6.92 Å². The molecule has 7 heteroatoms. The van der Waals surface area contributed by atoms with Crippen molar-refractivity contribution < 1.29 is 14.3 Å². The van der Waals surface area contributed by atoms with Gasteiger partial charge in [0, 0.05) is 45.7 Å². The molecule has 2 saturated heterocycles. The van der Waals surface area contributed by atoms with Crippen LogP contribution in [0.4, 0.5) is 5.82 Å². The number of hydrogen-bond donors (Lipinski definition) is 0. The molecule has 3 rings (SSSR count). The molecule has 2 aliphatic rings. The van der Waals surface area contributed by atoms with Gasteiger partial charge >= 0.3 is 0 Å². The summed E-state index contributed by atoms with van der Waals surface area (Å²) in [5, 5.41) is 0. The number of carbonyl (C=O) groups excluding carboxylic acids is 2. The molecule has 7 nitrogen and oxygen atoms in total. The first kappa shape index (κ1) is 17.5. The van der Waals surface area contributed by atoms with Crippen molar-refractivity contribution in [3.05, 3.63) is 18.3 Å². The minimum atomic E-state index is -0.0406. The number of anilines is 1. The van der Waals surface area contributed by atoms with Crippen LogP contribution in [0, 0.1) is 5.92 Å². The lowest BCUT2D eigenvalue weighted by Gasteiger charge is -2.36. The van der Waals surface area contributed by atoms with Crippen LogP contribution < -0.4 is 9.64 Å². The Labute approximate surface area is 148 Å². The summed E-state index contributed by atoms with van der Waals surface area (Å²) in [7, 11) is 1.62. The highest BCUT2D eigenvalue weighted by atomic mass is 16.5. The Hall–Kier alpha value is -2.31. The van der Waals surface area contributed by atoms with E-state index in [2.05, 4.69) is 9.88 Å². The van der Waals surface area contributed by atoms with E-state index in [4.69, 9.17) is 4.74 Å². The first-order valence-corrected chi connectivity index (χ1v) is 8.94. The molecule has 1 unspecified atom stereocenters. The number of piperazine rings is 1. The van der Waals surface area contributed by atoms with Crippen LogP contribution in [0.15, 0.2) is 18.3 Å². The zero-order chi connectivity index (χ0) is 17.8. The number of amides is 2. The summed E-state index contributed by atoms with van der Waals surface area (Å²) in [6.45, 7) is 6.09. The highest BCUT2D eigenvalue weighted by Gasteiger charge is 2.34. The normalized spacial score (nSPS) is 20.7. The van der Waals surface area contributed by atoms with Crippen molar-refractivity contribution >= 4 is 17.6 Å². The molecule has 0 N–H and O–H groups in total. The molecular weight excluding hydrogens is 320 g/mol. The minimum Gasteiger partial charge on any atom is -0.495 e. The summed E-state index contributed by atoms with van der Waals surface area (Å²) in [5.41, 5.74) is 0. The van der Waals surface area contributed by atoms with Gasteiger partial charge in [0.2, 0.25) is 11.8 Å². The van der Waals surface area contributed by atoms with Gasteiger partial charge in [0.1, 0.15) is 11.6 Å². The van der Waals surface area contributed by atoms with Gasteiger partial charge in [-0.3, -0.25) is 9.59 Å². The van der Waals surface area contributed by atoms with Gasteiger partial charge in [0.15, 0.2) is 0 Å². The van der Waals surface area contributed by atoms with Gasteiger partial charge in [0.05, 0.1) is 19.2 Å². The molecule has 2 aliphatic heterocycles. The van der Waals surface area contributed by atoms with Gasteiger partial charge in [-0.2, -0.15) is 0 Å². The summed E-state index contributed by atoms with van der Waals surface area (Å²) in [6.07, 6.45) is 3.00. The average Bonchev–Trinajstić information content (AvgIpc) is 3.17. The standard InChI is InChI=1S/C18H26N4O3/c1-3-17(23)22-7-6-14(13-22)18(24)21-10-8-20(9-11-21)16-5-4-15(25-2)12-19-16/h4-5,12,14H,3,6-11,13H2,1-2H3. The second-order valence-electron chi connectivity index (χ2n) is 6.55. The van der Waals surface area contributed by atoms with Crippen LogP contribution in [0.3, 0.4) is 0 Å². The Kier molecular flexibility index (Phi) is 5.40. The third-order valence-electron chi connectivity index (χ3n) is 5.06. The average molecular weight is 346 g/mol. The fraction of sp³-hybridized carbons (Fsp3) is 0.611. The lowest BCUT2D eigenvalue weighted by atomic mass is 10.1. The van der Waals surface area contributed by atoms with Crippen LogP contribution in [0.1, 0.15) is 19.8 Å². The lowest BCUT2D eigenvalue weighted by Crippen LogP contribution is -2.51. The largest absolute Gasteiger partial charge is 0.495 e. The molecule has 1 atom stereocenters. The Balaban J connectivity index is 1.51. The van der Waals surface area contributed by atoms with E-state index in [0.717, 1.165) is 31.1 Å². The van der Waals surface area contributed by atoms with Crippen LogP contribution in [-0.4, -0.2) is 73.0 Å². The minimum absolute atomic E-state index is 0.0406. The van der Waals surface area contributed by atoms with E-state index in [1.165, 1.54) is 0 Å². The second kappa shape index (κ2) is 7.72. The van der Waals surface area contributed by atoms with Gasteiger partial charge in [-0.15, -0.1) is 0 Å². The van der Waals surface area contributed by atoms with Crippen LogP contribution in [0.5, 0.6) is 5.75 Å². The zero-order valence-corrected chi connectivity index (χ0v) is 15.0. The van der Waals surface area contributed by atoms with E-state index in [9.17, 15) is 9.59 Å². The Morgan fingerprint density at radius 3 is 2.52 bits per heavy atom. The maximum absolute atomic E-state index is 12.7. The molecular formula is C18H26N4O3. The molecule has 2 fully saturated rings. The Morgan fingerprint density at radius 1 is 1.16 bits per heavy atom. The van der Waals surface area contributed by atoms with Crippen molar-refractivity contribution in [1.82, 2.24) is 14.8 Å². The summed E-state index contributed by atoms with van der Waals surface area (Å²) in [4.78, 5) is 34.9. The lowest BCUT2D eigenvalue weighted by molar-refractivity contribution is -0.136. The smallest absolute Gasteiger partial charge is 0.227 e. The van der Waals surface area contributed by atoms with E-state index in [0.29, 0.717) is 32.6 Å². The number of aromatic nitrogens is 1. The summed E-state index contributed by atoms with van der Waals surface area (Å²) in [6, 6.07) is 3.85. The van der Waals surface area contributed by atoms with Crippen LogP contribution in [-0.2, 0) is 9.59 Å². The topological polar surface area (TPSA) is 66.0 Å². The van der Waals surface area contributed by atoms with Crippen molar-refractivity contribution in [2.75, 3.05) is 51.3 Å². The van der Waals surface area contributed by atoms with Gasteiger partial charge in [-0.05, 0) is 18.6 Å². The van der Waals surface area contributed by atoms with Gasteiger partial charge in [0.25, 0.3) is 0 Å². The number of ether oxygens (including phenoxy) is 1. The molecule has 1 aromatic rings. The molecule has 0 bridgehead atoms. The number of pyridine rings is 1. The van der Waals surface area contributed by atoms with E-state index >= 15 is 0 Å². The molecule has 136 valence electrons. The first-order valence-electron chi connectivity index (χ1n) is 8.94. The third kappa shape index (κ3) is 3.86. The molecule has 25 heavy (non-hydrogen) atoms. The second-order valence-corrected chi connectivity index (χ2v) is 6.55. The highest BCUT2D eigenvalue weighted by Crippen LogP contribution is 2.22. The number of carbonyl (C=O) groups is 2. The van der Waals surface area contributed by atoms with Crippen molar-refractivity contribution in [3.8, 4) is 5.75 Å². The zero-order valence-electron chi connectivity index (χ0n) is 15.0. The fourth-order valence-corrected chi connectivity index (χ4v) is 3.51. The SMILES string of the molecule is CCC(=O)N1CCC(C(=O)N2CCN(c3ccc(OC)cn3)CC2)C1. The van der Waals surface area contributed by atoms with E-state index in [1.54, 1.807) is 13.3 Å². The predicted octanol–water partition coefficient (Wildman–Crippen LogP) is 0.997. The summed E-state index contributed by atoms with van der Waals surface area (Å²) < 4.78 is 5.13. The fourth-order valence-electron chi connectivity index (χ4n) is 3.51. The van der Waals surface area contributed by atoms with E-state index < -0.39 is 0 Å². The number of nitrogens with zero attached hydrogens (tertiary/aromatic N) is 4. The van der Waals surface area contributed by atoms with Crippen LogP contribution in [0.25, 0.3) is 0 Å². The van der Waals surface area contributed by atoms with Crippen LogP contribution >= 0.6 is 0 Å². The van der Waals surface area contributed by atoms with Crippen LogP contribution in [0.2, 0.25) is 0 Å². The quantitative estimate of drug-likeness (QED) is 0.814. The maximum Gasteiger partial charge on any atom is 0.227 e. The summed E-state index contributed by atoms with van der Waals surface area (Å²) >= 11 is 0. The highest BCUT2D eigenvalue weighted by molar-refractivity contribution is 5.82. The Bertz CT molecular complexity index is 611. The third-order valence-corrected chi connectivity index (χ3v) is 5.06. The Morgan fingerprint density at radius 2 is 1.92 bits per heavy atom. The number of rotatable bonds is 4. The molecule has 0 spiro atoms. The van der Waals surface area contributed by atoms with Crippen molar-refractivity contribution in [1.29, 1.82) is 0 Å². The molecule has 0 radical (unpaired) electrons. The number of hydrogen-bond acceptors (Lipinski definition) is 5. The van der Waals surface area contributed by atoms with Crippen molar-refractivity contribution in [2.45, 2.75) is 19.8 Å². The predicted molar refractivity (Wildman–Crippen MR) is 94.6 cm³/mol. The molecule has 3 heterocycles. The molecule has 2 amide bonds. The molecule has 0 aliphatic carbocycles.